The fraction of sp³-hybridized carbons (Fsp3) is 0.350. The van der Waals surface area contributed by atoms with Crippen molar-refractivity contribution in [2.45, 2.75) is 12.6 Å². The minimum atomic E-state index is -0.546. The van der Waals surface area contributed by atoms with E-state index in [9.17, 15) is 4.79 Å². The average molecular weight is 375 g/mol. The minimum absolute atomic E-state index is 0. The molecule has 0 aromatic heterocycles. The number of fused-ring (bicyclic) bond motifs is 1. The predicted octanol–water partition coefficient (Wildman–Crippen LogP) is 2.59. The van der Waals surface area contributed by atoms with Crippen LogP contribution in [0.25, 0.3) is 0 Å². The maximum Gasteiger partial charge on any atom is 0.267 e. The van der Waals surface area contributed by atoms with Crippen LogP contribution in [-0.2, 0) is 11.3 Å². The van der Waals surface area contributed by atoms with E-state index in [1.54, 1.807) is 0 Å². The lowest BCUT2D eigenvalue weighted by atomic mass is 10.2. The standard InChI is InChI=1S/C20H22N2O3.ClH/c23-20(19-15-24-17-8-4-5-9-18(17)25-19)22-12-10-21(11-13-22)14-16-6-2-1-3-7-16;/h1-9,19H,10-15H2;1H. The largest absolute Gasteiger partial charge is 0.485 e. The molecule has 26 heavy (non-hydrogen) atoms. The first-order chi connectivity index (χ1) is 12.3. The van der Waals surface area contributed by atoms with Gasteiger partial charge in [0.2, 0.25) is 6.10 Å². The number of halogens is 1. The normalized spacial score (nSPS) is 19.5. The van der Waals surface area contributed by atoms with Gasteiger partial charge < -0.3 is 14.4 Å². The molecule has 0 spiro atoms. The zero-order chi connectivity index (χ0) is 17.1. The number of nitrogens with zero attached hydrogens (tertiary/aromatic N) is 2. The fourth-order valence-corrected chi connectivity index (χ4v) is 3.31. The second kappa shape index (κ2) is 8.43. The molecule has 2 aromatic rings. The summed E-state index contributed by atoms with van der Waals surface area (Å²) in [6, 6.07) is 17.9. The molecule has 6 heteroatoms. The van der Waals surface area contributed by atoms with Crippen LogP contribution in [0.15, 0.2) is 54.6 Å². The van der Waals surface area contributed by atoms with Crippen molar-refractivity contribution in [2.24, 2.45) is 0 Å². The first-order valence-corrected chi connectivity index (χ1v) is 8.73. The number of piperazine rings is 1. The van der Waals surface area contributed by atoms with Gasteiger partial charge in [0.25, 0.3) is 5.91 Å². The molecule has 1 atom stereocenters. The van der Waals surface area contributed by atoms with Crippen molar-refractivity contribution in [3.63, 3.8) is 0 Å². The van der Waals surface area contributed by atoms with Gasteiger partial charge in [-0.15, -0.1) is 12.4 Å². The molecule has 0 aliphatic carbocycles. The zero-order valence-corrected chi connectivity index (χ0v) is 15.4. The predicted molar refractivity (Wildman–Crippen MR) is 102 cm³/mol. The summed E-state index contributed by atoms with van der Waals surface area (Å²) in [6.07, 6.45) is -0.546. The Morgan fingerprint density at radius 2 is 1.58 bits per heavy atom. The number of ether oxygens (including phenoxy) is 2. The molecule has 4 rings (SSSR count). The molecular weight excluding hydrogens is 352 g/mol. The van der Waals surface area contributed by atoms with Crippen molar-refractivity contribution in [3.8, 4) is 11.5 Å². The Kier molecular flexibility index (Phi) is 6.01. The van der Waals surface area contributed by atoms with Crippen LogP contribution in [0.3, 0.4) is 0 Å². The summed E-state index contributed by atoms with van der Waals surface area (Å²) in [6.45, 7) is 4.43. The Morgan fingerprint density at radius 3 is 2.31 bits per heavy atom. The molecule has 1 unspecified atom stereocenters. The van der Waals surface area contributed by atoms with Gasteiger partial charge >= 0.3 is 0 Å². The summed E-state index contributed by atoms with van der Waals surface area (Å²) < 4.78 is 11.5. The smallest absolute Gasteiger partial charge is 0.267 e. The first kappa shape index (κ1) is 18.5. The average Bonchev–Trinajstić information content (AvgIpc) is 2.68. The van der Waals surface area contributed by atoms with Crippen LogP contribution in [0, 0.1) is 0 Å². The number of amides is 1. The fourth-order valence-electron chi connectivity index (χ4n) is 3.31. The third-order valence-corrected chi connectivity index (χ3v) is 4.72. The molecule has 0 N–H and O–H groups in total. The first-order valence-electron chi connectivity index (χ1n) is 8.73. The minimum Gasteiger partial charge on any atom is -0.485 e. The molecule has 138 valence electrons. The van der Waals surface area contributed by atoms with E-state index in [2.05, 4.69) is 29.2 Å². The van der Waals surface area contributed by atoms with E-state index in [0.717, 1.165) is 32.7 Å². The van der Waals surface area contributed by atoms with Gasteiger partial charge in [0.05, 0.1) is 0 Å². The number of carbonyl (C=O) groups excluding carboxylic acids is 1. The molecule has 0 bridgehead atoms. The molecule has 5 nitrogen and oxygen atoms in total. The molecule has 2 aliphatic heterocycles. The third-order valence-electron chi connectivity index (χ3n) is 4.72. The van der Waals surface area contributed by atoms with E-state index in [0.29, 0.717) is 11.5 Å². The summed E-state index contributed by atoms with van der Waals surface area (Å²) in [5.41, 5.74) is 1.31. The quantitative estimate of drug-likeness (QED) is 0.828. The Morgan fingerprint density at radius 1 is 0.923 bits per heavy atom. The number of carbonyl (C=O) groups is 1. The summed E-state index contributed by atoms with van der Waals surface area (Å²) in [5, 5.41) is 0. The van der Waals surface area contributed by atoms with Crippen molar-refractivity contribution in [1.29, 1.82) is 0 Å². The highest BCUT2D eigenvalue weighted by molar-refractivity contribution is 5.85. The van der Waals surface area contributed by atoms with Crippen molar-refractivity contribution in [3.05, 3.63) is 60.2 Å². The number of hydrogen-bond donors (Lipinski definition) is 0. The third kappa shape index (κ3) is 4.11. The van der Waals surface area contributed by atoms with Crippen LogP contribution in [0.2, 0.25) is 0 Å². The highest BCUT2D eigenvalue weighted by Gasteiger charge is 2.32. The van der Waals surface area contributed by atoms with Gasteiger partial charge in [-0.05, 0) is 17.7 Å². The summed E-state index contributed by atoms with van der Waals surface area (Å²) in [4.78, 5) is 17.0. The highest BCUT2D eigenvalue weighted by Crippen LogP contribution is 2.31. The molecule has 0 radical (unpaired) electrons. The van der Waals surface area contributed by atoms with Crippen molar-refractivity contribution >= 4 is 18.3 Å². The van der Waals surface area contributed by atoms with E-state index in [1.165, 1.54) is 5.56 Å². The molecule has 1 fully saturated rings. The van der Waals surface area contributed by atoms with Gasteiger partial charge in [-0.25, -0.2) is 0 Å². The van der Waals surface area contributed by atoms with Crippen LogP contribution in [0.4, 0.5) is 0 Å². The Hall–Kier alpha value is -2.24. The van der Waals surface area contributed by atoms with E-state index < -0.39 is 6.10 Å². The monoisotopic (exact) mass is 374 g/mol. The van der Waals surface area contributed by atoms with E-state index in [-0.39, 0.29) is 24.9 Å². The lowest BCUT2D eigenvalue weighted by molar-refractivity contribution is -0.143. The van der Waals surface area contributed by atoms with Crippen molar-refractivity contribution < 1.29 is 14.3 Å². The number of benzene rings is 2. The summed E-state index contributed by atoms with van der Waals surface area (Å²) in [7, 11) is 0. The SMILES string of the molecule is Cl.O=C(C1COc2ccccc2O1)N1CCN(Cc2ccccc2)CC1. The molecule has 2 aromatic carbocycles. The van der Waals surface area contributed by atoms with Crippen LogP contribution in [-0.4, -0.2) is 54.6 Å². The van der Waals surface area contributed by atoms with Gasteiger partial charge in [0.1, 0.15) is 6.61 Å². The highest BCUT2D eigenvalue weighted by atomic mass is 35.5. The van der Waals surface area contributed by atoms with Crippen LogP contribution in [0.5, 0.6) is 11.5 Å². The molecule has 2 heterocycles. The van der Waals surface area contributed by atoms with Crippen molar-refractivity contribution in [1.82, 2.24) is 9.80 Å². The van der Waals surface area contributed by atoms with E-state index >= 15 is 0 Å². The molecular formula is C20H23ClN2O3. The molecule has 1 saturated heterocycles. The molecule has 1 amide bonds. The molecule has 0 saturated carbocycles. The maximum atomic E-state index is 12.7. The lowest BCUT2D eigenvalue weighted by Crippen LogP contribution is -2.53. The Labute approximate surface area is 159 Å². The molecule has 2 aliphatic rings. The van der Waals surface area contributed by atoms with Crippen LogP contribution in [0.1, 0.15) is 5.56 Å². The number of hydrogen-bond acceptors (Lipinski definition) is 4. The Bertz CT molecular complexity index is 733. The topological polar surface area (TPSA) is 42.0 Å². The van der Waals surface area contributed by atoms with E-state index in [4.69, 9.17) is 9.47 Å². The van der Waals surface area contributed by atoms with Crippen LogP contribution >= 0.6 is 12.4 Å². The zero-order valence-electron chi connectivity index (χ0n) is 14.5. The maximum absolute atomic E-state index is 12.7. The summed E-state index contributed by atoms with van der Waals surface area (Å²) in [5.74, 6) is 1.38. The van der Waals surface area contributed by atoms with Gasteiger partial charge in [0, 0.05) is 32.7 Å². The Balaban J connectivity index is 0.00000196. The lowest BCUT2D eigenvalue weighted by Gasteiger charge is -2.37. The second-order valence-electron chi connectivity index (χ2n) is 6.45. The van der Waals surface area contributed by atoms with Gasteiger partial charge in [-0.1, -0.05) is 42.5 Å². The van der Waals surface area contributed by atoms with E-state index in [1.807, 2.05) is 35.2 Å². The summed E-state index contributed by atoms with van der Waals surface area (Å²) >= 11 is 0. The van der Waals surface area contributed by atoms with Gasteiger partial charge in [0.15, 0.2) is 11.5 Å². The number of para-hydroxylation sites is 2. The van der Waals surface area contributed by atoms with Gasteiger partial charge in [-0.2, -0.15) is 0 Å². The van der Waals surface area contributed by atoms with Crippen LogP contribution < -0.4 is 9.47 Å². The second-order valence-corrected chi connectivity index (χ2v) is 6.45. The van der Waals surface area contributed by atoms with Gasteiger partial charge in [-0.3, -0.25) is 9.69 Å². The van der Waals surface area contributed by atoms with Crippen molar-refractivity contribution in [2.75, 3.05) is 32.8 Å². The number of rotatable bonds is 3.